The first-order chi connectivity index (χ1) is 10.2. The molecule has 0 saturated carbocycles. The van der Waals surface area contributed by atoms with Gasteiger partial charge in [0.15, 0.2) is 0 Å². The van der Waals surface area contributed by atoms with Gasteiger partial charge in [-0.15, -0.1) is 0 Å². The second-order valence-corrected chi connectivity index (χ2v) is 6.95. The molecule has 5 nitrogen and oxygen atoms in total. The maximum absolute atomic E-state index is 12.3. The van der Waals surface area contributed by atoms with E-state index in [1.54, 1.807) is 13.8 Å². The zero-order chi connectivity index (χ0) is 15.1. The maximum atomic E-state index is 12.3. The van der Waals surface area contributed by atoms with E-state index in [1.807, 2.05) is 30.3 Å². The minimum atomic E-state index is -3.02. The highest BCUT2D eigenvalue weighted by Gasteiger charge is 2.45. The Hall–Kier alpha value is -0.710. The third-order valence-electron chi connectivity index (χ3n) is 3.14. The van der Waals surface area contributed by atoms with Crippen LogP contribution in [0.1, 0.15) is 19.4 Å². The second kappa shape index (κ2) is 8.06. The molecule has 0 spiro atoms. The molecular weight excluding hydrogens is 291 g/mol. The van der Waals surface area contributed by atoms with Gasteiger partial charge in [0.05, 0.1) is 38.7 Å². The van der Waals surface area contributed by atoms with Crippen LogP contribution < -0.4 is 0 Å². The van der Waals surface area contributed by atoms with E-state index in [4.69, 9.17) is 18.5 Å². The van der Waals surface area contributed by atoms with E-state index in [2.05, 4.69) is 0 Å². The van der Waals surface area contributed by atoms with Gasteiger partial charge >= 0.3 is 7.60 Å². The lowest BCUT2D eigenvalue weighted by Gasteiger charge is -2.15. The maximum Gasteiger partial charge on any atom is 0.333 e. The second-order valence-electron chi connectivity index (χ2n) is 4.84. The largest absolute Gasteiger partial charge is 0.374 e. The van der Waals surface area contributed by atoms with Crippen LogP contribution in [0.15, 0.2) is 30.3 Å². The van der Waals surface area contributed by atoms with Crippen molar-refractivity contribution in [3.8, 4) is 0 Å². The SMILES string of the molecule is CCOP(=O)(C[C@@H]1O[C@@H]1COCc1ccccc1)OCC. The highest BCUT2D eigenvalue weighted by molar-refractivity contribution is 7.53. The van der Waals surface area contributed by atoms with Gasteiger partial charge in [0.25, 0.3) is 0 Å². The minimum absolute atomic E-state index is 0.0112. The van der Waals surface area contributed by atoms with Gasteiger partial charge in [0.2, 0.25) is 0 Å². The minimum Gasteiger partial charge on any atom is -0.374 e. The Morgan fingerprint density at radius 3 is 2.38 bits per heavy atom. The normalized spacial score (nSPS) is 21.4. The summed E-state index contributed by atoms with van der Waals surface area (Å²) in [6.45, 7) is 5.41. The van der Waals surface area contributed by atoms with Gasteiger partial charge in [-0.2, -0.15) is 0 Å². The third kappa shape index (κ3) is 5.53. The van der Waals surface area contributed by atoms with Crippen LogP contribution in [0, 0.1) is 0 Å². The average Bonchev–Trinajstić information content (AvgIpc) is 3.18. The Kier molecular flexibility index (Phi) is 6.40. The van der Waals surface area contributed by atoms with E-state index in [0.717, 1.165) is 5.56 Å². The summed E-state index contributed by atoms with van der Waals surface area (Å²) >= 11 is 0. The Morgan fingerprint density at radius 2 is 1.76 bits per heavy atom. The first-order valence-corrected chi connectivity index (χ1v) is 9.05. The molecule has 2 atom stereocenters. The van der Waals surface area contributed by atoms with Crippen LogP contribution in [0.3, 0.4) is 0 Å². The molecule has 118 valence electrons. The number of epoxide rings is 1. The monoisotopic (exact) mass is 314 g/mol. The van der Waals surface area contributed by atoms with Crippen LogP contribution in [0.4, 0.5) is 0 Å². The van der Waals surface area contributed by atoms with Crippen LogP contribution in [0.25, 0.3) is 0 Å². The lowest BCUT2D eigenvalue weighted by Crippen LogP contribution is -2.10. The summed E-state index contributed by atoms with van der Waals surface area (Å²) in [5.41, 5.74) is 1.13. The Labute approximate surface area is 126 Å². The molecule has 2 rings (SSSR count). The number of hydrogen-bond acceptors (Lipinski definition) is 5. The van der Waals surface area contributed by atoms with Gasteiger partial charge in [0, 0.05) is 0 Å². The molecule has 0 aromatic heterocycles. The molecule has 1 aromatic carbocycles. The predicted octanol–water partition coefficient (Wildman–Crippen LogP) is 3.24. The topological polar surface area (TPSA) is 57.3 Å². The van der Waals surface area contributed by atoms with Gasteiger partial charge in [-0.1, -0.05) is 30.3 Å². The standard InChI is InChI=1S/C15H23O5P/c1-3-18-21(16,19-4-2)12-15-14(20-15)11-17-10-13-8-6-5-7-9-13/h5-9,14-15H,3-4,10-12H2,1-2H3/t14-,15+/m1/s1. The van der Waals surface area contributed by atoms with Crippen LogP contribution in [-0.2, 0) is 29.7 Å². The summed E-state index contributed by atoms with van der Waals surface area (Å²) in [6.07, 6.45) is 0.196. The lowest BCUT2D eigenvalue weighted by molar-refractivity contribution is 0.104. The molecule has 6 heteroatoms. The van der Waals surface area contributed by atoms with Crippen molar-refractivity contribution in [1.29, 1.82) is 0 Å². The molecule has 0 aliphatic carbocycles. The highest BCUT2D eigenvalue weighted by atomic mass is 31.2. The Balaban J connectivity index is 1.68. The third-order valence-corrected chi connectivity index (χ3v) is 5.25. The first kappa shape index (κ1) is 16.7. The summed E-state index contributed by atoms with van der Waals surface area (Å²) in [7, 11) is -3.02. The fourth-order valence-corrected chi connectivity index (χ4v) is 3.94. The number of hydrogen-bond donors (Lipinski definition) is 0. The molecule has 1 aromatic rings. The molecule has 21 heavy (non-hydrogen) atoms. The van der Waals surface area contributed by atoms with E-state index < -0.39 is 7.60 Å². The summed E-state index contributed by atoms with van der Waals surface area (Å²) < 4.78 is 33.9. The van der Waals surface area contributed by atoms with Gasteiger partial charge in [0.1, 0.15) is 6.10 Å². The molecule has 1 heterocycles. The van der Waals surface area contributed by atoms with Crippen LogP contribution in [0.2, 0.25) is 0 Å². The van der Waals surface area contributed by atoms with Crippen LogP contribution in [-0.4, -0.2) is 38.2 Å². The average molecular weight is 314 g/mol. The van der Waals surface area contributed by atoms with Crippen molar-refractivity contribution in [3.05, 3.63) is 35.9 Å². The van der Waals surface area contributed by atoms with Crippen molar-refractivity contribution >= 4 is 7.60 Å². The number of benzene rings is 1. The molecule has 1 aliphatic heterocycles. The Bertz CT molecular complexity index is 454. The number of ether oxygens (including phenoxy) is 2. The van der Waals surface area contributed by atoms with Gasteiger partial charge in [-0.25, -0.2) is 0 Å². The molecule has 0 radical (unpaired) electrons. The quantitative estimate of drug-likeness (QED) is 0.490. The molecule has 0 amide bonds. The van der Waals surface area contributed by atoms with Gasteiger partial charge < -0.3 is 18.5 Å². The van der Waals surface area contributed by atoms with Crippen molar-refractivity contribution in [2.75, 3.05) is 26.0 Å². The van der Waals surface area contributed by atoms with E-state index in [9.17, 15) is 4.57 Å². The molecule has 0 N–H and O–H groups in total. The van der Waals surface area contributed by atoms with E-state index >= 15 is 0 Å². The van der Waals surface area contributed by atoms with Crippen molar-refractivity contribution in [2.24, 2.45) is 0 Å². The molecule has 0 unspecified atom stereocenters. The predicted molar refractivity (Wildman–Crippen MR) is 80.5 cm³/mol. The molecular formula is C15H23O5P. The van der Waals surface area contributed by atoms with E-state index in [1.165, 1.54) is 0 Å². The molecule has 0 bridgehead atoms. The van der Waals surface area contributed by atoms with Crippen molar-refractivity contribution < 1.29 is 23.1 Å². The smallest absolute Gasteiger partial charge is 0.333 e. The molecule has 1 saturated heterocycles. The summed E-state index contributed by atoms with van der Waals surface area (Å²) in [6, 6.07) is 9.97. The van der Waals surface area contributed by atoms with E-state index in [0.29, 0.717) is 32.6 Å². The number of rotatable bonds is 10. The summed E-state index contributed by atoms with van der Waals surface area (Å²) in [4.78, 5) is 0. The Morgan fingerprint density at radius 1 is 1.10 bits per heavy atom. The van der Waals surface area contributed by atoms with Crippen molar-refractivity contribution in [2.45, 2.75) is 32.7 Å². The first-order valence-electron chi connectivity index (χ1n) is 7.32. The van der Waals surface area contributed by atoms with Crippen molar-refractivity contribution in [1.82, 2.24) is 0 Å². The van der Waals surface area contributed by atoms with Gasteiger partial charge in [-0.05, 0) is 19.4 Å². The van der Waals surface area contributed by atoms with Crippen molar-refractivity contribution in [3.63, 3.8) is 0 Å². The van der Waals surface area contributed by atoms with Crippen LogP contribution >= 0.6 is 7.60 Å². The summed E-state index contributed by atoms with van der Waals surface area (Å²) in [5, 5.41) is 0. The zero-order valence-electron chi connectivity index (χ0n) is 12.6. The lowest BCUT2D eigenvalue weighted by atomic mass is 10.2. The van der Waals surface area contributed by atoms with E-state index in [-0.39, 0.29) is 12.2 Å². The van der Waals surface area contributed by atoms with Crippen LogP contribution in [0.5, 0.6) is 0 Å². The fourth-order valence-electron chi connectivity index (χ4n) is 2.11. The zero-order valence-corrected chi connectivity index (χ0v) is 13.5. The summed E-state index contributed by atoms with van der Waals surface area (Å²) in [5.74, 6) is 0. The highest BCUT2D eigenvalue weighted by Crippen LogP contribution is 2.51. The molecule has 1 fully saturated rings. The molecule has 1 aliphatic rings. The fraction of sp³-hybridized carbons (Fsp3) is 0.600. The van der Waals surface area contributed by atoms with Gasteiger partial charge in [-0.3, -0.25) is 4.57 Å².